The molecule has 0 bridgehead atoms. The van der Waals surface area contributed by atoms with Crippen molar-refractivity contribution in [2.75, 3.05) is 4.90 Å². The summed E-state index contributed by atoms with van der Waals surface area (Å²) in [6.45, 7) is 0. The number of para-hydroxylation sites is 1. The van der Waals surface area contributed by atoms with Crippen LogP contribution in [0.3, 0.4) is 0 Å². The number of rotatable bonds is 4. The number of fused-ring (bicyclic) bond motifs is 6. The Hall–Kier alpha value is -6.59. The molecule has 4 heterocycles. The van der Waals surface area contributed by atoms with Gasteiger partial charge in [0.15, 0.2) is 0 Å². The molecular formula is C43H27N5. The summed E-state index contributed by atoms with van der Waals surface area (Å²) in [5.74, 6) is 0.632. The van der Waals surface area contributed by atoms with Crippen molar-refractivity contribution < 1.29 is 0 Å². The maximum Gasteiger partial charge on any atom is 0.235 e. The average molecular weight is 614 g/mol. The maximum atomic E-state index is 5.26. The standard InChI is InChI=1S/C43H27N5/c1-3-12-28(13-4-1)35-26-36(29-14-5-2-6-15-29)46-43(45-35)48-37-21-8-7-19-34(37)41-39(48)24-23-33-32-20-9-16-30-17-10-22-38(40(30)32)47(42(33)41)31-18-11-25-44-27-31/h1-27H. The van der Waals surface area contributed by atoms with E-state index in [1.165, 1.54) is 21.9 Å². The first-order valence-corrected chi connectivity index (χ1v) is 16.1. The van der Waals surface area contributed by atoms with Crippen LogP contribution in [-0.4, -0.2) is 19.5 Å². The van der Waals surface area contributed by atoms with Gasteiger partial charge >= 0.3 is 0 Å². The van der Waals surface area contributed by atoms with Gasteiger partial charge in [0.25, 0.3) is 0 Å². The summed E-state index contributed by atoms with van der Waals surface area (Å²) >= 11 is 0. The fourth-order valence-electron chi connectivity index (χ4n) is 7.36. The molecule has 224 valence electrons. The smallest absolute Gasteiger partial charge is 0.235 e. The number of pyridine rings is 1. The topological polar surface area (TPSA) is 46.8 Å². The highest BCUT2D eigenvalue weighted by Crippen LogP contribution is 2.54. The lowest BCUT2D eigenvalue weighted by molar-refractivity contribution is 0.995. The SMILES string of the molecule is c1ccc(-c2cc(-c3ccccc3)nc(-n3c4ccccc4c4c5c(ccc43)-c3cccc4cccc(c34)N5c3cccnc3)n2)cc1. The second-order valence-corrected chi connectivity index (χ2v) is 12.1. The van der Waals surface area contributed by atoms with E-state index in [0.29, 0.717) is 5.95 Å². The van der Waals surface area contributed by atoms with Crippen molar-refractivity contribution in [2.24, 2.45) is 0 Å². The van der Waals surface area contributed by atoms with Crippen molar-refractivity contribution >= 4 is 49.6 Å². The van der Waals surface area contributed by atoms with Crippen LogP contribution in [-0.2, 0) is 0 Å². The van der Waals surface area contributed by atoms with Gasteiger partial charge in [-0.1, -0.05) is 115 Å². The number of hydrogen-bond acceptors (Lipinski definition) is 4. The lowest BCUT2D eigenvalue weighted by Crippen LogP contribution is -2.15. The molecule has 6 aromatic carbocycles. The lowest BCUT2D eigenvalue weighted by Gasteiger charge is -2.34. The van der Waals surface area contributed by atoms with Gasteiger partial charge in [0.2, 0.25) is 5.95 Å². The summed E-state index contributed by atoms with van der Waals surface area (Å²) < 4.78 is 2.23. The monoisotopic (exact) mass is 613 g/mol. The van der Waals surface area contributed by atoms with Gasteiger partial charge in [0, 0.05) is 39.0 Å². The van der Waals surface area contributed by atoms with Crippen LogP contribution in [0.4, 0.5) is 17.1 Å². The van der Waals surface area contributed by atoms with Gasteiger partial charge in [-0.3, -0.25) is 9.55 Å². The molecule has 0 unspecified atom stereocenters. The van der Waals surface area contributed by atoms with Gasteiger partial charge in [0.1, 0.15) is 0 Å². The van der Waals surface area contributed by atoms with Gasteiger partial charge in [-0.15, -0.1) is 0 Å². The van der Waals surface area contributed by atoms with Gasteiger partial charge in [0.05, 0.1) is 45.7 Å². The zero-order valence-corrected chi connectivity index (χ0v) is 25.8. The van der Waals surface area contributed by atoms with Crippen LogP contribution >= 0.6 is 0 Å². The Labute approximate surface area is 277 Å². The minimum atomic E-state index is 0.632. The van der Waals surface area contributed by atoms with Crippen LogP contribution < -0.4 is 4.90 Å². The number of anilines is 3. The predicted molar refractivity (Wildman–Crippen MR) is 196 cm³/mol. The molecule has 0 N–H and O–H groups in total. The fourth-order valence-corrected chi connectivity index (χ4v) is 7.36. The molecule has 1 aliphatic rings. The minimum absolute atomic E-state index is 0.632. The molecule has 0 amide bonds. The van der Waals surface area contributed by atoms with E-state index in [0.717, 1.165) is 61.4 Å². The Morgan fingerprint density at radius 3 is 1.94 bits per heavy atom. The lowest BCUT2D eigenvalue weighted by atomic mass is 9.89. The third-order valence-electron chi connectivity index (χ3n) is 9.41. The van der Waals surface area contributed by atoms with Crippen LogP contribution in [0.15, 0.2) is 164 Å². The molecule has 5 heteroatoms. The van der Waals surface area contributed by atoms with Crippen LogP contribution in [0.5, 0.6) is 0 Å². The van der Waals surface area contributed by atoms with Crippen LogP contribution in [0.2, 0.25) is 0 Å². The molecule has 0 atom stereocenters. The van der Waals surface area contributed by atoms with E-state index < -0.39 is 0 Å². The normalized spacial score (nSPS) is 12.1. The highest BCUT2D eigenvalue weighted by molar-refractivity contribution is 6.24. The van der Waals surface area contributed by atoms with Crippen LogP contribution in [0.25, 0.3) is 72.2 Å². The van der Waals surface area contributed by atoms with Crippen molar-refractivity contribution in [3.63, 3.8) is 0 Å². The molecule has 48 heavy (non-hydrogen) atoms. The fraction of sp³-hybridized carbons (Fsp3) is 0. The number of nitrogens with zero attached hydrogens (tertiary/aromatic N) is 5. The van der Waals surface area contributed by atoms with Crippen molar-refractivity contribution in [3.05, 3.63) is 164 Å². The maximum absolute atomic E-state index is 5.26. The van der Waals surface area contributed by atoms with Crippen molar-refractivity contribution in [3.8, 4) is 39.6 Å². The van der Waals surface area contributed by atoms with E-state index >= 15 is 0 Å². The zero-order valence-electron chi connectivity index (χ0n) is 25.8. The summed E-state index contributed by atoms with van der Waals surface area (Å²) in [5, 5.41) is 4.74. The molecule has 0 spiro atoms. The second kappa shape index (κ2) is 10.5. The van der Waals surface area contributed by atoms with E-state index in [-0.39, 0.29) is 0 Å². The van der Waals surface area contributed by atoms with E-state index in [4.69, 9.17) is 9.97 Å². The molecule has 0 aliphatic carbocycles. The summed E-state index contributed by atoms with van der Waals surface area (Å²) in [7, 11) is 0. The highest BCUT2D eigenvalue weighted by Gasteiger charge is 2.30. The first kappa shape index (κ1) is 26.6. The highest BCUT2D eigenvalue weighted by atomic mass is 15.2. The van der Waals surface area contributed by atoms with Gasteiger partial charge in [-0.2, -0.15) is 0 Å². The first-order chi connectivity index (χ1) is 23.8. The molecule has 0 radical (unpaired) electrons. The Morgan fingerprint density at radius 1 is 0.500 bits per heavy atom. The molecule has 0 saturated heterocycles. The van der Waals surface area contributed by atoms with E-state index in [1.807, 2.05) is 30.6 Å². The van der Waals surface area contributed by atoms with Crippen LogP contribution in [0, 0.1) is 0 Å². The quantitative estimate of drug-likeness (QED) is 0.198. The molecule has 3 aromatic heterocycles. The summed E-state index contributed by atoms with van der Waals surface area (Å²) in [5.41, 5.74) is 11.6. The third-order valence-corrected chi connectivity index (χ3v) is 9.41. The van der Waals surface area contributed by atoms with E-state index in [2.05, 4.69) is 148 Å². The molecule has 0 saturated carbocycles. The molecule has 5 nitrogen and oxygen atoms in total. The molecule has 9 aromatic rings. The van der Waals surface area contributed by atoms with Crippen molar-refractivity contribution in [1.82, 2.24) is 19.5 Å². The van der Waals surface area contributed by atoms with Crippen molar-refractivity contribution in [2.45, 2.75) is 0 Å². The van der Waals surface area contributed by atoms with E-state index in [1.54, 1.807) is 0 Å². The van der Waals surface area contributed by atoms with Crippen LogP contribution in [0.1, 0.15) is 0 Å². The largest absolute Gasteiger partial charge is 0.307 e. The Bertz CT molecular complexity index is 2600. The Morgan fingerprint density at radius 2 is 1.21 bits per heavy atom. The van der Waals surface area contributed by atoms with Gasteiger partial charge in [-0.05, 0) is 47.3 Å². The zero-order chi connectivity index (χ0) is 31.6. The van der Waals surface area contributed by atoms with Gasteiger partial charge in [-0.25, -0.2) is 9.97 Å². The number of aromatic nitrogens is 4. The summed E-state index contributed by atoms with van der Waals surface area (Å²) in [4.78, 5) is 17.5. The molecule has 0 fully saturated rings. The van der Waals surface area contributed by atoms with Gasteiger partial charge < -0.3 is 4.90 Å². The first-order valence-electron chi connectivity index (χ1n) is 16.1. The summed E-state index contributed by atoms with van der Waals surface area (Å²) in [6, 6.07) is 53.2. The Balaban J connectivity index is 1.33. The third kappa shape index (κ3) is 3.94. The second-order valence-electron chi connectivity index (χ2n) is 12.1. The molecule has 10 rings (SSSR count). The average Bonchev–Trinajstić information content (AvgIpc) is 3.51. The Kier molecular flexibility index (Phi) is 5.81. The number of hydrogen-bond donors (Lipinski definition) is 0. The minimum Gasteiger partial charge on any atom is -0.307 e. The predicted octanol–water partition coefficient (Wildman–Crippen LogP) is 10.9. The molecular weight excluding hydrogens is 587 g/mol. The van der Waals surface area contributed by atoms with E-state index in [9.17, 15) is 0 Å². The van der Waals surface area contributed by atoms with Crippen molar-refractivity contribution in [1.29, 1.82) is 0 Å². The molecule has 1 aliphatic heterocycles. The number of benzene rings is 6. The summed E-state index contributed by atoms with van der Waals surface area (Å²) in [6.07, 6.45) is 3.78.